The predicted octanol–water partition coefficient (Wildman–Crippen LogP) is 2.64. The number of alkyl carbamates (subject to hydrolysis) is 1. The highest BCUT2D eigenvalue weighted by atomic mass is 16.6. The standard InChI is InChI=1S/C12H19NO2/c1-9(2)13-11(14)15-12(4)8-6-5-7-10(12)3/h5-10H,1-4H3,(H,13,14). The lowest BCUT2D eigenvalue weighted by atomic mass is 9.87. The monoisotopic (exact) mass is 209 g/mol. The van der Waals surface area contributed by atoms with Gasteiger partial charge in [0.2, 0.25) is 0 Å². The Hall–Kier alpha value is -1.25. The summed E-state index contributed by atoms with van der Waals surface area (Å²) in [7, 11) is 0. The number of carbonyl (C=O) groups excluding carboxylic acids is 1. The van der Waals surface area contributed by atoms with E-state index in [4.69, 9.17) is 4.74 Å². The first-order valence-electron chi connectivity index (χ1n) is 5.29. The Morgan fingerprint density at radius 1 is 1.47 bits per heavy atom. The molecule has 1 amide bonds. The largest absolute Gasteiger partial charge is 0.438 e. The summed E-state index contributed by atoms with van der Waals surface area (Å²) in [5.74, 6) is 0.195. The first-order chi connectivity index (χ1) is 6.94. The van der Waals surface area contributed by atoms with Gasteiger partial charge in [-0.15, -0.1) is 0 Å². The molecule has 1 N–H and O–H groups in total. The number of amides is 1. The van der Waals surface area contributed by atoms with Gasteiger partial charge in [0.25, 0.3) is 0 Å². The van der Waals surface area contributed by atoms with Crippen LogP contribution >= 0.6 is 0 Å². The Balaban J connectivity index is 2.60. The Labute approximate surface area is 91.2 Å². The molecule has 1 aliphatic rings. The van der Waals surface area contributed by atoms with Crippen molar-refractivity contribution < 1.29 is 9.53 Å². The fourth-order valence-corrected chi connectivity index (χ4v) is 1.41. The summed E-state index contributed by atoms with van der Waals surface area (Å²) in [6.07, 6.45) is 7.46. The summed E-state index contributed by atoms with van der Waals surface area (Å²) < 4.78 is 5.41. The number of rotatable bonds is 2. The maximum absolute atomic E-state index is 11.5. The number of ether oxygens (including phenoxy) is 1. The van der Waals surface area contributed by atoms with Gasteiger partial charge in [0.15, 0.2) is 0 Å². The van der Waals surface area contributed by atoms with Gasteiger partial charge in [-0.05, 0) is 26.8 Å². The average Bonchev–Trinajstić information content (AvgIpc) is 2.08. The normalized spacial score (nSPS) is 29.3. The highest BCUT2D eigenvalue weighted by molar-refractivity contribution is 5.68. The Kier molecular flexibility index (Phi) is 3.56. The molecular formula is C12H19NO2. The van der Waals surface area contributed by atoms with Gasteiger partial charge in [0.1, 0.15) is 5.60 Å². The molecule has 1 rings (SSSR count). The third kappa shape index (κ3) is 3.11. The van der Waals surface area contributed by atoms with Crippen LogP contribution in [0.1, 0.15) is 27.7 Å². The number of carbonyl (C=O) groups is 1. The summed E-state index contributed by atoms with van der Waals surface area (Å²) in [5, 5.41) is 2.72. The molecule has 0 saturated carbocycles. The quantitative estimate of drug-likeness (QED) is 0.759. The zero-order chi connectivity index (χ0) is 11.5. The van der Waals surface area contributed by atoms with Crippen molar-refractivity contribution in [1.29, 1.82) is 0 Å². The van der Waals surface area contributed by atoms with Crippen LogP contribution in [-0.4, -0.2) is 17.7 Å². The molecule has 0 fully saturated rings. The minimum Gasteiger partial charge on any atom is -0.438 e. The van der Waals surface area contributed by atoms with Crippen LogP contribution < -0.4 is 5.32 Å². The van der Waals surface area contributed by atoms with Gasteiger partial charge >= 0.3 is 6.09 Å². The van der Waals surface area contributed by atoms with E-state index in [0.29, 0.717) is 0 Å². The van der Waals surface area contributed by atoms with Gasteiger partial charge in [-0.3, -0.25) is 0 Å². The first-order valence-corrected chi connectivity index (χ1v) is 5.29. The van der Waals surface area contributed by atoms with E-state index >= 15 is 0 Å². The number of nitrogens with one attached hydrogen (secondary N) is 1. The second-order valence-corrected chi connectivity index (χ2v) is 4.41. The molecule has 15 heavy (non-hydrogen) atoms. The minimum absolute atomic E-state index is 0.0968. The Bertz CT molecular complexity index is 294. The van der Waals surface area contributed by atoms with E-state index in [9.17, 15) is 4.79 Å². The van der Waals surface area contributed by atoms with E-state index in [-0.39, 0.29) is 18.1 Å². The highest BCUT2D eigenvalue weighted by Crippen LogP contribution is 2.27. The topological polar surface area (TPSA) is 38.3 Å². The summed E-state index contributed by atoms with van der Waals surface area (Å²) in [5.41, 5.74) is -0.534. The molecule has 2 unspecified atom stereocenters. The fourth-order valence-electron chi connectivity index (χ4n) is 1.41. The molecule has 0 radical (unpaired) electrons. The molecule has 0 aliphatic heterocycles. The molecular weight excluding hydrogens is 190 g/mol. The molecule has 0 bridgehead atoms. The van der Waals surface area contributed by atoms with Crippen molar-refractivity contribution in [2.24, 2.45) is 5.92 Å². The van der Waals surface area contributed by atoms with E-state index < -0.39 is 5.60 Å². The lowest BCUT2D eigenvalue weighted by Gasteiger charge is -2.32. The maximum Gasteiger partial charge on any atom is 0.408 e. The van der Waals surface area contributed by atoms with Crippen LogP contribution in [0.5, 0.6) is 0 Å². The third-order valence-corrected chi connectivity index (χ3v) is 2.56. The Morgan fingerprint density at radius 3 is 2.67 bits per heavy atom. The van der Waals surface area contributed by atoms with Gasteiger partial charge < -0.3 is 10.1 Å². The zero-order valence-electron chi connectivity index (χ0n) is 9.78. The first kappa shape index (κ1) is 11.8. The van der Waals surface area contributed by atoms with Crippen molar-refractivity contribution in [2.45, 2.75) is 39.3 Å². The van der Waals surface area contributed by atoms with Gasteiger partial charge in [-0.2, -0.15) is 0 Å². The minimum atomic E-state index is -0.534. The SMILES string of the molecule is CC(C)NC(=O)OC1(C)C=CC=CC1C. The van der Waals surface area contributed by atoms with Crippen molar-refractivity contribution in [3.8, 4) is 0 Å². The summed E-state index contributed by atoms with van der Waals surface area (Å²) in [4.78, 5) is 11.5. The van der Waals surface area contributed by atoms with Gasteiger partial charge in [-0.25, -0.2) is 4.79 Å². The molecule has 0 aromatic carbocycles. The second-order valence-electron chi connectivity index (χ2n) is 4.41. The van der Waals surface area contributed by atoms with Gasteiger partial charge in [0.05, 0.1) is 0 Å². The molecule has 0 saturated heterocycles. The molecule has 2 atom stereocenters. The van der Waals surface area contributed by atoms with Crippen LogP contribution in [0.3, 0.4) is 0 Å². The number of allylic oxidation sites excluding steroid dienone is 2. The number of hydrogen-bond donors (Lipinski definition) is 1. The lowest BCUT2D eigenvalue weighted by molar-refractivity contribution is 0.0334. The van der Waals surface area contributed by atoms with Gasteiger partial charge in [-0.1, -0.05) is 25.2 Å². The van der Waals surface area contributed by atoms with Crippen molar-refractivity contribution >= 4 is 6.09 Å². The second kappa shape index (κ2) is 4.51. The molecule has 3 nitrogen and oxygen atoms in total. The Morgan fingerprint density at radius 2 is 2.13 bits per heavy atom. The van der Waals surface area contributed by atoms with Crippen LogP contribution in [-0.2, 0) is 4.74 Å². The molecule has 0 heterocycles. The summed E-state index contributed by atoms with van der Waals surface area (Å²) in [6, 6.07) is 0.0968. The van der Waals surface area contributed by atoms with E-state index in [1.807, 2.05) is 52.0 Å². The van der Waals surface area contributed by atoms with Crippen molar-refractivity contribution in [3.63, 3.8) is 0 Å². The van der Waals surface area contributed by atoms with Crippen LogP contribution in [0.15, 0.2) is 24.3 Å². The van der Waals surface area contributed by atoms with Crippen LogP contribution in [0, 0.1) is 5.92 Å². The van der Waals surface area contributed by atoms with Crippen LogP contribution in [0.25, 0.3) is 0 Å². The molecule has 1 aliphatic carbocycles. The summed E-state index contributed by atoms with van der Waals surface area (Å²) in [6.45, 7) is 7.76. The summed E-state index contributed by atoms with van der Waals surface area (Å²) >= 11 is 0. The van der Waals surface area contributed by atoms with Crippen molar-refractivity contribution in [3.05, 3.63) is 24.3 Å². The average molecular weight is 209 g/mol. The fraction of sp³-hybridized carbons (Fsp3) is 0.583. The van der Waals surface area contributed by atoms with E-state index in [2.05, 4.69) is 5.32 Å². The van der Waals surface area contributed by atoms with Crippen LogP contribution in [0.4, 0.5) is 4.79 Å². The van der Waals surface area contributed by atoms with E-state index in [1.165, 1.54) is 0 Å². The van der Waals surface area contributed by atoms with Gasteiger partial charge in [0, 0.05) is 12.0 Å². The molecule has 0 spiro atoms. The predicted molar refractivity (Wildman–Crippen MR) is 60.6 cm³/mol. The van der Waals surface area contributed by atoms with E-state index in [1.54, 1.807) is 0 Å². The van der Waals surface area contributed by atoms with E-state index in [0.717, 1.165) is 0 Å². The molecule has 3 heteroatoms. The van der Waals surface area contributed by atoms with Crippen LogP contribution in [0.2, 0.25) is 0 Å². The number of hydrogen-bond acceptors (Lipinski definition) is 2. The zero-order valence-corrected chi connectivity index (χ0v) is 9.78. The molecule has 0 aromatic heterocycles. The molecule has 84 valence electrons. The highest BCUT2D eigenvalue weighted by Gasteiger charge is 2.32. The molecule has 0 aromatic rings. The maximum atomic E-state index is 11.5. The lowest BCUT2D eigenvalue weighted by Crippen LogP contribution is -2.42. The van der Waals surface area contributed by atoms with Crippen molar-refractivity contribution in [1.82, 2.24) is 5.32 Å². The smallest absolute Gasteiger partial charge is 0.408 e. The third-order valence-electron chi connectivity index (χ3n) is 2.56. The van der Waals surface area contributed by atoms with Crippen molar-refractivity contribution in [2.75, 3.05) is 0 Å².